The van der Waals surface area contributed by atoms with Gasteiger partial charge in [0.05, 0.1) is 6.04 Å². The van der Waals surface area contributed by atoms with Crippen LogP contribution in [0.1, 0.15) is 45.2 Å². The summed E-state index contributed by atoms with van der Waals surface area (Å²) in [5.41, 5.74) is 8.70. The van der Waals surface area contributed by atoms with Crippen LogP contribution in [0, 0.1) is 12.8 Å². The number of aromatic nitrogens is 4. The van der Waals surface area contributed by atoms with E-state index in [1.807, 2.05) is 29.8 Å². The van der Waals surface area contributed by atoms with Crippen LogP contribution in [0.15, 0.2) is 18.2 Å². The summed E-state index contributed by atoms with van der Waals surface area (Å²) in [6, 6.07) is 6.12. The van der Waals surface area contributed by atoms with Gasteiger partial charge in [-0.2, -0.15) is 0 Å². The van der Waals surface area contributed by atoms with E-state index in [2.05, 4.69) is 36.3 Å². The molecule has 0 saturated heterocycles. The molecule has 0 saturated carbocycles. The van der Waals surface area contributed by atoms with Crippen LogP contribution >= 0.6 is 0 Å². The molecule has 0 aliphatic rings. The zero-order valence-electron chi connectivity index (χ0n) is 12.7. The van der Waals surface area contributed by atoms with Crippen LogP contribution in [-0.2, 0) is 0 Å². The smallest absolute Gasteiger partial charge is 0.182 e. The van der Waals surface area contributed by atoms with Gasteiger partial charge in [0.25, 0.3) is 0 Å². The molecule has 2 aromatic rings. The normalized spacial score (nSPS) is 12.8. The molecule has 0 fully saturated rings. The number of nitrogens with two attached hydrogens (primary N) is 1. The predicted octanol–water partition coefficient (Wildman–Crippen LogP) is 3.23. The molecular weight excluding hydrogens is 250 g/mol. The third kappa shape index (κ3) is 3.15. The minimum atomic E-state index is 0.291. The molecule has 5 nitrogen and oxygen atoms in total. The SMILES string of the molecule is Cc1cc(N)ccc1-c1nnnn1C(C)CCC(C)C. The highest BCUT2D eigenvalue weighted by molar-refractivity contribution is 5.63. The highest BCUT2D eigenvalue weighted by atomic mass is 15.5. The predicted molar refractivity (Wildman–Crippen MR) is 81.2 cm³/mol. The van der Waals surface area contributed by atoms with Crippen LogP contribution in [0.4, 0.5) is 5.69 Å². The van der Waals surface area contributed by atoms with Crippen molar-refractivity contribution in [3.63, 3.8) is 0 Å². The molecular formula is C15H23N5. The molecule has 20 heavy (non-hydrogen) atoms. The lowest BCUT2D eigenvalue weighted by molar-refractivity contribution is 0.406. The molecule has 1 heterocycles. The average Bonchev–Trinajstić information content (AvgIpc) is 2.85. The molecule has 0 aliphatic heterocycles. The first-order chi connectivity index (χ1) is 9.49. The second-order valence-electron chi connectivity index (χ2n) is 5.84. The highest BCUT2D eigenvalue weighted by Gasteiger charge is 2.16. The van der Waals surface area contributed by atoms with Gasteiger partial charge in [-0.3, -0.25) is 0 Å². The summed E-state index contributed by atoms with van der Waals surface area (Å²) < 4.78 is 1.92. The summed E-state index contributed by atoms with van der Waals surface area (Å²) in [6.45, 7) is 8.66. The fourth-order valence-corrected chi connectivity index (χ4v) is 2.30. The van der Waals surface area contributed by atoms with E-state index in [0.29, 0.717) is 12.0 Å². The Kier molecular flexibility index (Phi) is 4.37. The van der Waals surface area contributed by atoms with Crippen molar-refractivity contribution >= 4 is 5.69 Å². The van der Waals surface area contributed by atoms with E-state index in [9.17, 15) is 0 Å². The number of nitrogens with zero attached hydrogens (tertiary/aromatic N) is 4. The number of hydrogen-bond donors (Lipinski definition) is 1. The largest absolute Gasteiger partial charge is 0.399 e. The van der Waals surface area contributed by atoms with Crippen molar-refractivity contribution in [2.45, 2.75) is 46.6 Å². The lowest BCUT2D eigenvalue weighted by Gasteiger charge is -2.15. The molecule has 0 bridgehead atoms. The van der Waals surface area contributed by atoms with Crippen molar-refractivity contribution in [2.24, 2.45) is 5.92 Å². The summed E-state index contributed by atoms with van der Waals surface area (Å²) >= 11 is 0. The van der Waals surface area contributed by atoms with E-state index in [1.54, 1.807) is 0 Å². The molecule has 108 valence electrons. The Morgan fingerprint density at radius 2 is 1.95 bits per heavy atom. The summed E-state index contributed by atoms with van der Waals surface area (Å²) in [6.07, 6.45) is 2.24. The molecule has 0 amide bonds. The molecule has 0 spiro atoms. The van der Waals surface area contributed by atoms with Crippen LogP contribution in [0.5, 0.6) is 0 Å². The molecule has 1 aromatic carbocycles. The van der Waals surface area contributed by atoms with Gasteiger partial charge in [-0.05, 0) is 66.8 Å². The van der Waals surface area contributed by atoms with E-state index in [1.165, 1.54) is 6.42 Å². The van der Waals surface area contributed by atoms with Crippen LogP contribution in [-0.4, -0.2) is 20.2 Å². The third-order valence-electron chi connectivity index (χ3n) is 3.56. The molecule has 0 radical (unpaired) electrons. The standard InChI is InChI=1S/C15H23N5/c1-10(2)5-6-12(4)20-15(17-18-19-20)14-8-7-13(16)9-11(14)3/h7-10,12H,5-6,16H2,1-4H3. The van der Waals surface area contributed by atoms with Crippen molar-refractivity contribution < 1.29 is 0 Å². The minimum absolute atomic E-state index is 0.291. The second-order valence-corrected chi connectivity index (χ2v) is 5.84. The fourth-order valence-electron chi connectivity index (χ4n) is 2.30. The Labute approximate surface area is 120 Å². The van der Waals surface area contributed by atoms with Crippen molar-refractivity contribution in [1.82, 2.24) is 20.2 Å². The highest BCUT2D eigenvalue weighted by Crippen LogP contribution is 2.26. The Hall–Kier alpha value is -1.91. The number of anilines is 1. The van der Waals surface area contributed by atoms with Gasteiger partial charge in [-0.15, -0.1) is 5.10 Å². The summed E-state index contributed by atoms with van der Waals surface area (Å²) in [5.74, 6) is 1.51. The molecule has 2 rings (SSSR count). The molecule has 1 atom stereocenters. The maximum atomic E-state index is 5.80. The molecule has 5 heteroatoms. The molecule has 2 N–H and O–H groups in total. The van der Waals surface area contributed by atoms with Crippen molar-refractivity contribution in [1.29, 1.82) is 0 Å². The van der Waals surface area contributed by atoms with Gasteiger partial charge in [0, 0.05) is 11.3 Å². The Morgan fingerprint density at radius 3 is 2.60 bits per heavy atom. The Bertz CT molecular complexity index is 573. The first kappa shape index (κ1) is 14.5. The monoisotopic (exact) mass is 273 g/mol. The van der Waals surface area contributed by atoms with E-state index < -0.39 is 0 Å². The summed E-state index contributed by atoms with van der Waals surface area (Å²) in [7, 11) is 0. The van der Waals surface area contributed by atoms with Crippen molar-refractivity contribution in [3.05, 3.63) is 23.8 Å². The minimum Gasteiger partial charge on any atom is -0.399 e. The second kappa shape index (κ2) is 6.03. The molecule has 1 unspecified atom stereocenters. The van der Waals surface area contributed by atoms with Crippen LogP contribution in [0.2, 0.25) is 0 Å². The topological polar surface area (TPSA) is 69.6 Å². The molecule has 1 aromatic heterocycles. The van der Waals surface area contributed by atoms with Crippen LogP contribution in [0.3, 0.4) is 0 Å². The van der Waals surface area contributed by atoms with E-state index in [4.69, 9.17) is 5.73 Å². The first-order valence-electron chi connectivity index (χ1n) is 7.13. The molecule has 0 aliphatic carbocycles. The summed E-state index contributed by atoms with van der Waals surface area (Å²) in [5, 5.41) is 12.2. The first-order valence-corrected chi connectivity index (χ1v) is 7.13. The van der Waals surface area contributed by atoms with Gasteiger partial charge < -0.3 is 5.73 Å². The fraction of sp³-hybridized carbons (Fsp3) is 0.533. The lowest BCUT2D eigenvalue weighted by atomic mass is 10.0. The number of benzene rings is 1. The average molecular weight is 273 g/mol. The van der Waals surface area contributed by atoms with Gasteiger partial charge in [-0.25, -0.2) is 4.68 Å². The number of nitrogen functional groups attached to an aromatic ring is 1. The lowest BCUT2D eigenvalue weighted by Crippen LogP contribution is -2.10. The number of hydrogen-bond acceptors (Lipinski definition) is 4. The van der Waals surface area contributed by atoms with Crippen LogP contribution in [0.25, 0.3) is 11.4 Å². The van der Waals surface area contributed by atoms with Gasteiger partial charge in [-0.1, -0.05) is 13.8 Å². The van der Waals surface area contributed by atoms with Gasteiger partial charge in [0.1, 0.15) is 0 Å². The van der Waals surface area contributed by atoms with E-state index in [-0.39, 0.29) is 0 Å². The number of tetrazole rings is 1. The zero-order valence-corrected chi connectivity index (χ0v) is 12.7. The van der Waals surface area contributed by atoms with Gasteiger partial charge >= 0.3 is 0 Å². The van der Waals surface area contributed by atoms with Gasteiger partial charge in [0.15, 0.2) is 5.82 Å². The zero-order chi connectivity index (χ0) is 14.7. The van der Waals surface area contributed by atoms with Crippen molar-refractivity contribution in [2.75, 3.05) is 5.73 Å². The van der Waals surface area contributed by atoms with E-state index in [0.717, 1.165) is 29.1 Å². The van der Waals surface area contributed by atoms with E-state index >= 15 is 0 Å². The van der Waals surface area contributed by atoms with Crippen LogP contribution < -0.4 is 5.73 Å². The maximum Gasteiger partial charge on any atom is 0.182 e. The number of aryl methyl sites for hydroxylation is 1. The third-order valence-corrected chi connectivity index (χ3v) is 3.56. The quantitative estimate of drug-likeness (QED) is 0.849. The number of rotatable bonds is 5. The Balaban J connectivity index is 2.28. The summed E-state index contributed by atoms with van der Waals surface area (Å²) in [4.78, 5) is 0. The maximum absolute atomic E-state index is 5.80. The van der Waals surface area contributed by atoms with Gasteiger partial charge in [0.2, 0.25) is 0 Å². The Morgan fingerprint density at radius 1 is 1.20 bits per heavy atom. The van der Waals surface area contributed by atoms with Crippen molar-refractivity contribution in [3.8, 4) is 11.4 Å².